The molecule has 0 saturated carbocycles. The van der Waals surface area contributed by atoms with Gasteiger partial charge in [0.05, 0.1) is 0 Å². The van der Waals surface area contributed by atoms with Crippen LogP contribution >= 0.6 is 58.2 Å². The van der Waals surface area contributed by atoms with Crippen molar-refractivity contribution in [2.75, 3.05) is 6.16 Å². The second kappa shape index (κ2) is 12.5. The molecule has 2 nitrogen and oxygen atoms in total. The molecule has 1 N–H and O–H groups in total. The third-order valence-electron chi connectivity index (χ3n) is 4.51. The van der Waals surface area contributed by atoms with E-state index in [2.05, 4.69) is 36.4 Å². The second-order valence-corrected chi connectivity index (χ2v) is 9.94. The Labute approximate surface area is 192 Å². The predicted octanol–water partition coefficient (Wildman–Crippen LogP) is 4.92. The zero-order valence-corrected chi connectivity index (χ0v) is 20.8. The van der Waals surface area contributed by atoms with Crippen LogP contribution in [-0.2, 0) is 4.79 Å². The SMILES string of the molecule is Br.Br.Br.O=C(O)CC[PH](c1ccccc1)(c1ccccc1)c1ccccc1. The third kappa shape index (κ3) is 5.99. The normalized spacial score (nSPS) is 10.5. The number of carboxylic acid groups (broad SMARTS) is 1. The number of hydrogen-bond acceptors (Lipinski definition) is 1. The molecular weight excluding hydrogens is 555 g/mol. The molecule has 0 aliphatic carbocycles. The maximum absolute atomic E-state index is 11.4. The fourth-order valence-electron chi connectivity index (χ4n) is 3.40. The van der Waals surface area contributed by atoms with Crippen LogP contribution in [0.5, 0.6) is 0 Å². The molecule has 3 aromatic rings. The van der Waals surface area contributed by atoms with Gasteiger partial charge < -0.3 is 0 Å². The third-order valence-corrected chi connectivity index (χ3v) is 9.47. The zero-order valence-electron chi connectivity index (χ0n) is 14.7. The Bertz CT molecular complexity index is 703. The predicted molar refractivity (Wildman–Crippen MR) is 135 cm³/mol. The summed E-state index contributed by atoms with van der Waals surface area (Å²) >= 11 is 0. The van der Waals surface area contributed by atoms with E-state index in [4.69, 9.17) is 0 Å². The average Bonchev–Trinajstić information content (AvgIpc) is 2.65. The molecule has 0 bridgehead atoms. The van der Waals surface area contributed by atoms with Crippen LogP contribution in [0.3, 0.4) is 0 Å². The summed E-state index contributed by atoms with van der Waals surface area (Å²) in [5.74, 6) is -0.741. The monoisotopic (exact) mass is 576 g/mol. The Morgan fingerprint density at radius 2 is 0.926 bits per heavy atom. The van der Waals surface area contributed by atoms with E-state index < -0.39 is 13.2 Å². The Morgan fingerprint density at radius 1 is 0.630 bits per heavy atom. The van der Waals surface area contributed by atoms with Crippen LogP contribution in [0, 0.1) is 0 Å². The first kappa shape index (κ1) is 26.0. The summed E-state index contributed by atoms with van der Waals surface area (Å²) < 4.78 is 0. The van der Waals surface area contributed by atoms with Crippen LogP contribution in [0.2, 0.25) is 0 Å². The minimum absolute atomic E-state index is 0. The molecule has 0 aliphatic heterocycles. The van der Waals surface area contributed by atoms with Crippen LogP contribution in [-0.4, -0.2) is 17.2 Å². The van der Waals surface area contributed by atoms with E-state index in [1.807, 2.05) is 54.6 Å². The molecular formula is C21H24Br3O2P. The van der Waals surface area contributed by atoms with Gasteiger partial charge in [-0.1, -0.05) is 0 Å². The number of benzene rings is 3. The Morgan fingerprint density at radius 3 is 1.19 bits per heavy atom. The molecule has 3 rings (SSSR count). The van der Waals surface area contributed by atoms with Crippen molar-refractivity contribution in [1.82, 2.24) is 0 Å². The Hall–Kier alpha value is -1.00. The van der Waals surface area contributed by atoms with Crippen molar-refractivity contribution >= 4 is 80.1 Å². The standard InChI is InChI=1S/C21H21O2P.3BrH/c22-21(23)16-17-24(18-10-4-1-5-11-18,19-12-6-2-7-13-19)20-14-8-3-9-15-20;;;/h1-15,24H,16-17H2,(H,22,23);3*1H. The summed E-state index contributed by atoms with van der Waals surface area (Å²) in [6, 6.07) is 31.2. The van der Waals surface area contributed by atoms with Gasteiger partial charge in [0, 0.05) is 0 Å². The molecule has 0 aromatic heterocycles. The number of hydrogen-bond donors (Lipinski definition) is 1. The van der Waals surface area contributed by atoms with Gasteiger partial charge in [-0.15, -0.1) is 50.9 Å². The van der Waals surface area contributed by atoms with Gasteiger partial charge in [0.15, 0.2) is 0 Å². The first-order chi connectivity index (χ1) is 11.7. The first-order valence-corrected chi connectivity index (χ1v) is 10.3. The average molecular weight is 579 g/mol. The van der Waals surface area contributed by atoms with Gasteiger partial charge in [0.25, 0.3) is 0 Å². The summed E-state index contributed by atoms with van der Waals surface area (Å²) in [5.41, 5.74) is 0. The molecule has 0 atom stereocenters. The Balaban J connectivity index is 0.00000225. The van der Waals surface area contributed by atoms with Crippen molar-refractivity contribution in [1.29, 1.82) is 0 Å². The summed E-state index contributed by atoms with van der Waals surface area (Å²) in [5, 5.41) is 13.1. The van der Waals surface area contributed by atoms with Crippen molar-refractivity contribution in [3.8, 4) is 0 Å². The van der Waals surface area contributed by atoms with Crippen LogP contribution in [0.4, 0.5) is 0 Å². The van der Waals surface area contributed by atoms with Gasteiger partial charge in [-0.3, -0.25) is 0 Å². The number of halogens is 3. The van der Waals surface area contributed by atoms with E-state index in [0.717, 1.165) is 0 Å². The quantitative estimate of drug-likeness (QED) is 0.422. The molecule has 0 aliphatic rings. The fourth-order valence-corrected chi connectivity index (χ4v) is 8.13. The molecule has 0 spiro atoms. The number of aliphatic carboxylic acids is 1. The molecule has 6 heteroatoms. The van der Waals surface area contributed by atoms with Gasteiger partial charge in [-0.25, -0.2) is 0 Å². The summed E-state index contributed by atoms with van der Waals surface area (Å²) in [4.78, 5) is 11.4. The topological polar surface area (TPSA) is 37.3 Å². The fraction of sp³-hybridized carbons (Fsp3) is 0.0952. The molecule has 146 valence electrons. The van der Waals surface area contributed by atoms with Crippen LogP contribution < -0.4 is 15.9 Å². The summed E-state index contributed by atoms with van der Waals surface area (Å²) in [6.07, 6.45) is 0.825. The van der Waals surface area contributed by atoms with Gasteiger partial charge in [0.2, 0.25) is 0 Å². The summed E-state index contributed by atoms with van der Waals surface area (Å²) in [7, 11) is -2.37. The zero-order chi connectivity index (χ0) is 16.8. The molecule has 0 heterocycles. The van der Waals surface area contributed by atoms with Crippen molar-refractivity contribution in [3.05, 3.63) is 91.0 Å². The van der Waals surface area contributed by atoms with Gasteiger partial charge in [0.1, 0.15) is 0 Å². The van der Waals surface area contributed by atoms with Crippen LogP contribution in [0.15, 0.2) is 91.0 Å². The second-order valence-electron chi connectivity index (χ2n) is 5.90. The maximum atomic E-state index is 11.4. The van der Waals surface area contributed by atoms with Gasteiger partial charge >= 0.3 is 143 Å². The van der Waals surface area contributed by atoms with Crippen LogP contribution in [0.1, 0.15) is 6.42 Å². The minimum atomic E-state index is -2.37. The van der Waals surface area contributed by atoms with Crippen molar-refractivity contribution in [2.24, 2.45) is 0 Å². The van der Waals surface area contributed by atoms with Crippen molar-refractivity contribution in [2.45, 2.75) is 6.42 Å². The van der Waals surface area contributed by atoms with Gasteiger partial charge in [-0.05, 0) is 0 Å². The van der Waals surface area contributed by atoms with E-state index in [0.29, 0.717) is 6.16 Å². The molecule has 27 heavy (non-hydrogen) atoms. The number of carbonyl (C=O) groups is 1. The molecule has 3 aromatic carbocycles. The molecule has 0 saturated heterocycles. The van der Waals surface area contributed by atoms with Crippen molar-refractivity contribution < 1.29 is 9.90 Å². The van der Waals surface area contributed by atoms with Crippen molar-refractivity contribution in [3.63, 3.8) is 0 Å². The molecule has 0 radical (unpaired) electrons. The molecule has 0 amide bonds. The first-order valence-electron chi connectivity index (χ1n) is 8.12. The van der Waals surface area contributed by atoms with Gasteiger partial charge in [-0.2, -0.15) is 0 Å². The number of carboxylic acids is 1. The van der Waals surface area contributed by atoms with E-state index in [1.54, 1.807) is 0 Å². The van der Waals surface area contributed by atoms with E-state index in [-0.39, 0.29) is 57.4 Å². The number of rotatable bonds is 6. The summed E-state index contributed by atoms with van der Waals surface area (Å²) in [6.45, 7) is 0. The van der Waals surface area contributed by atoms with E-state index >= 15 is 0 Å². The molecule has 0 fully saturated rings. The van der Waals surface area contributed by atoms with E-state index in [9.17, 15) is 9.90 Å². The Kier molecular flexibility index (Phi) is 12.0. The van der Waals surface area contributed by atoms with Crippen LogP contribution in [0.25, 0.3) is 0 Å². The molecule has 0 unspecified atom stereocenters. The van der Waals surface area contributed by atoms with E-state index in [1.165, 1.54) is 15.9 Å².